The van der Waals surface area contributed by atoms with E-state index in [9.17, 15) is 126 Å². The maximum atomic E-state index is 14.9. The summed E-state index contributed by atoms with van der Waals surface area (Å²) in [6, 6.07) is -27.7. The predicted octanol–water partition coefficient (Wildman–Crippen LogP) is -8.06. The zero-order chi connectivity index (χ0) is 89.6. The van der Waals surface area contributed by atoms with Gasteiger partial charge in [-0.1, -0.05) is 98.6 Å². The number of fused-ring (bicyclic) bond motifs is 37. The number of aliphatic hydroxyl groups is 1. The third-order valence-electron chi connectivity index (χ3n) is 16.4. The molecule has 3 saturated heterocycles. The van der Waals surface area contributed by atoms with Crippen molar-refractivity contribution in [3.8, 4) is 0 Å². The first-order valence-electron chi connectivity index (χ1n) is 36.4. The Morgan fingerprint density at radius 1 is 0.470 bits per heavy atom. The summed E-state index contributed by atoms with van der Waals surface area (Å²) in [7, 11) is 2.59. The standard InChI is InChI=1S/C65H104N18O26S4.C2H4O2/c1-25(2)15-34-55(98)80-41-24-113-110-21-38(58(101)77-37(65(108)109)16-26(3)4)71-44(87)20-69-62(105)50(30(10)84)83-61(104)40(78-51(94)29(9)70-63(106)48(27(5)6)81-57(100)35(18-43(68)86)76-64(107)49(28(7)8)82-60(41)103)23-112-111-22-39(59(102)73-32(53(96)75-34)11-13-45(88)89)79-54(97)33(12-14-46(90)91)72-56(99)36(19-47(92)93)74-52(95)31(66)17-42(67)85;1-2(3)4/h25-41,48-50,84H,11-24,66H2,1-10H3,(H2,67,85)(H2,68,86)(H,69,105)(H,70,106)(H,71,87)(H,72,99)(H,73,102)(H,74,95)(H,75,96)(H,76,107)(H,77,101)(H,78,94)(H,79,97)(H,80,98)(H,81,100)(H,82,103)(H,83,104)(H,88,89)(H,90,91)(H,92,93)(H,108,109);1H3,(H,3,4)/t29-,30+,31-,32-,33-,34-,35-,36-,37-,38-,39-,40-,41-,48-,49-,50-;/m0./s1. The maximum Gasteiger partial charge on any atom is 0.326 e. The Kier molecular flexibility index (Phi) is 46.9. The highest BCUT2D eigenvalue weighted by Crippen LogP contribution is 2.26. The van der Waals surface area contributed by atoms with Crippen molar-refractivity contribution in [2.24, 2.45) is 40.9 Å². The van der Waals surface area contributed by atoms with Gasteiger partial charge < -0.3 is 128 Å². The largest absolute Gasteiger partial charge is 0.481 e. The van der Waals surface area contributed by atoms with E-state index in [1.165, 1.54) is 27.7 Å². The number of carbonyl (C=O) groups excluding carboxylic acids is 17. The van der Waals surface area contributed by atoms with Gasteiger partial charge in [0.15, 0.2) is 0 Å². The average Bonchev–Trinajstić information content (AvgIpc) is 0.919. The Bertz CT molecular complexity index is 3590. The second kappa shape index (κ2) is 52.4. The molecule has 117 heavy (non-hydrogen) atoms. The number of rotatable bonds is 28. The van der Waals surface area contributed by atoms with Crippen LogP contribution in [0.5, 0.6) is 0 Å². The lowest BCUT2D eigenvalue weighted by molar-refractivity contribution is -0.143. The van der Waals surface area contributed by atoms with E-state index >= 15 is 0 Å². The highest BCUT2D eigenvalue weighted by molar-refractivity contribution is 8.77. The molecule has 0 spiro atoms. The van der Waals surface area contributed by atoms with Crippen LogP contribution in [0.15, 0.2) is 0 Å². The molecule has 3 aliphatic heterocycles. The van der Waals surface area contributed by atoms with Crippen LogP contribution in [0.1, 0.15) is 134 Å². The molecule has 3 fully saturated rings. The number of carboxylic acids is 5. The molecule has 0 aromatic rings. The van der Waals surface area contributed by atoms with Crippen LogP contribution in [0.4, 0.5) is 0 Å². The minimum Gasteiger partial charge on any atom is -0.481 e. The number of amides is 17. The Morgan fingerprint density at radius 3 is 1.44 bits per heavy atom. The van der Waals surface area contributed by atoms with E-state index in [-0.39, 0.29) is 18.8 Å². The van der Waals surface area contributed by atoms with E-state index in [1.807, 2.05) is 5.32 Å². The third kappa shape index (κ3) is 40.9. The SMILES string of the molecule is CC(=O)O.CC(C)C[C@H](NC(=O)[C@@H]1CSSC[C@@H]2NC(=O)[C@H](CC(C)C)NC(=O)[C@H](CCC(=O)O)NC(=O)[C@@H](NC(=O)[C@H](CCC(=O)O)NC(=O)[C@H](CC(=O)O)NC(=O)[C@@H](N)CC(N)=O)CSSC[C@H](NC(=O)[C@H](C)NC(=O)[C@H](C(C)C)NC(=O)[C@H](CC(N)=O)NC(=O)[C@H](C(C)C)NC2=O)C(=O)N[C@@H]([C@@H](C)O)C(=O)NCC(=O)N1)C(=O)O. The molecule has 46 nitrogen and oxygen atoms in total. The van der Waals surface area contributed by atoms with Gasteiger partial charge in [-0.3, -0.25) is 101 Å². The zero-order valence-electron chi connectivity index (χ0n) is 66.0. The molecule has 3 aliphatic rings. The molecule has 0 aliphatic carbocycles. The van der Waals surface area contributed by atoms with Crippen LogP contribution < -0.4 is 97.0 Å². The van der Waals surface area contributed by atoms with Gasteiger partial charge in [0.1, 0.15) is 84.6 Å². The quantitative estimate of drug-likeness (QED) is 0.0256. The van der Waals surface area contributed by atoms with Gasteiger partial charge in [-0.25, -0.2) is 4.79 Å². The van der Waals surface area contributed by atoms with Crippen LogP contribution in [-0.4, -0.2) is 287 Å². The smallest absolute Gasteiger partial charge is 0.326 e. The van der Waals surface area contributed by atoms with Crippen LogP contribution in [0.2, 0.25) is 0 Å². The molecule has 17 amide bonds. The van der Waals surface area contributed by atoms with Gasteiger partial charge in [0.05, 0.1) is 38.0 Å². The number of nitrogens with two attached hydrogens (primary N) is 3. The van der Waals surface area contributed by atoms with E-state index < -0.39 is 319 Å². The van der Waals surface area contributed by atoms with E-state index in [4.69, 9.17) is 27.1 Å². The summed E-state index contributed by atoms with van der Waals surface area (Å²) in [6.07, 6.45) is -8.77. The van der Waals surface area contributed by atoms with Gasteiger partial charge in [-0.15, -0.1) is 0 Å². The number of aliphatic carboxylic acids is 5. The number of carbonyl (C=O) groups is 22. The molecule has 0 radical (unpaired) electrons. The topological polar surface area (TPSA) is 755 Å². The number of aliphatic hydroxyl groups excluding tert-OH is 1. The molecule has 0 aromatic carbocycles. The summed E-state index contributed by atoms with van der Waals surface area (Å²) in [5.74, 6) is -33.3. The van der Waals surface area contributed by atoms with Crippen LogP contribution in [0.25, 0.3) is 0 Å². The van der Waals surface area contributed by atoms with Gasteiger partial charge in [-0.2, -0.15) is 0 Å². The summed E-state index contributed by atoms with van der Waals surface area (Å²) < 4.78 is 0. The van der Waals surface area contributed by atoms with Crippen molar-refractivity contribution in [2.45, 2.75) is 231 Å². The second-order valence-electron chi connectivity index (χ2n) is 28.5. The zero-order valence-corrected chi connectivity index (χ0v) is 69.2. The Hall–Kier alpha value is -10.3. The van der Waals surface area contributed by atoms with Gasteiger partial charge in [0.2, 0.25) is 100 Å². The number of carboxylic acid groups (broad SMARTS) is 5. The lowest BCUT2D eigenvalue weighted by atomic mass is 10.00. The van der Waals surface area contributed by atoms with Crippen molar-refractivity contribution >= 4 is 173 Å². The fourth-order valence-corrected chi connectivity index (χ4v) is 15.0. The van der Waals surface area contributed by atoms with Gasteiger partial charge >= 0.3 is 23.9 Å². The molecule has 16 atom stereocenters. The lowest BCUT2D eigenvalue weighted by Crippen LogP contribution is -2.62. The van der Waals surface area contributed by atoms with Crippen LogP contribution in [0.3, 0.4) is 0 Å². The van der Waals surface area contributed by atoms with Gasteiger partial charge in [0.25, 0.3) is 5.97 Å². The first-order chi connectivity index (χ1) is 54.3. The summed E-state index contributed by atoms with van der Waals surface area (Å²) >= 11 is 0. The van der Waals surface area contributed by atoms with Gasteiger partial charge in [0, 0.05) is 42.8 Å². The highest BCUT2D eigenvalue weighted by Gasteiger charge is 2.41. The molecule has 0 saturated carbocycles. The number of primary amides is 2. The fraction of sp³-hybridized carbons (Fsp3) is 0.672. The second-order valence-corrected chi connectivity index (χ2v) is 33.6. The predicted molar refractivity (Wildman–Crippen MR) is 418 cm³/mol. The first kappa shape index (κ1) is 105. The molecule has 27 N–H and O–H groups in total. The Morgan fingerprint density at radius 2 is 0.949 bits per heavy atom. The summed E-state index contributed by atoms with van der Waals surface area (Å²) in [5, 5.41) is 92.8. The first-order valence-corrected chi connectivity index (χ1v) is 41.4. The fourth-order valence-electron chi connectivity index (χ4n) is 10.4. The molecule has 658 valence electrons. The Balaban J connectivity index is 0.0000167. The Labute approximate surface area is 687 Å². The maximum absolute atomic E-state index is 14.9. The molecule has 50 heteroatoms. The van der Waals surface area contributed by atoms with Crippen LogP contribution >= 0.6 is 43.2 Å². The number of nitrogens with one attached hydrogen (secondary N) is 15. The molecule has 0 unspecified atom stereocenters. The molecular weight excluding hydrogens is 1630 g/mol. The minimum atomic E-state index is -2.11. The molecular formula is C67H108N18O28S4. The normalized spacial score (nSPS) is 23.8. The van der Waals surface area contributed by atoms with Crippen molar-refractivity contribution in [1.29, 1.82) is 0 Å². The van der Waals surface area contributed by atoms with Crippen molar-refractivity contribution in [3.63, 3.8) is 0 Å². The third-order valence-corrected chi connectivity index (χ3v) is 21.3. The van der Waals surface area contributed by atoms with Crippen molar-refractivity contribution in [1.82, 2.24) is 79.8 Å². The van der Waals surface area contributed by atoms with Crippen molar-refractivity contribution in [3.05, 3.63) is 0 Å². The summed E-state index contributed by atoms with van der Waals surface area (Å²) in [6.45, 7) is 14.4. The number of hydrogen-bond acceptors (Lipinski definition) is 28. The molecule has 3 rings (SSSR count). The molecule has 0 aromatic heterocycles. The van der Waals surface area contributed by atoms with E-state index in [2.05, 4.69) is 74.4 Å². The number of hydrogen-bond donors (Lipinski definition) is 24. The highest BCUT2D eigenvalue weighted by atomic mass is 33.1. The van der Waals surface area contributed by atoms with E-state index in [0.29, 0.717) is 21.6 Å². The molecule has 3 heterocycles. The molecule has 2 bridgehead atoms. The van der Waals surface area contributed by atoms with Gasteiger partial charge in [-0.05, 0) is 63.2 Å². The summed E-state index contributed by atoms with van der Waals surface area (Å²) in [5.41, 5.74) is 16.4. The summed E-state index contributed by atoms with van der Waals surface area (Å²) in [4.78, 5) is 297. The van der Waals surface area contributed by atoms with E-state index in [0.717, 1.165) is 42.4 Å². The average molecular weight is 1740 g/mol. The van der Waals surface area contributed by atoms with Crippen molar-refractivity contribution in [2.75, 3.05) is 29.6 Å². The van der Waals surface area contributed by atoms with Crippen molar-refractivity contribution < 1.29 is 136 Å². The lowest BCUT2D eigenvalue weighted by Gasteiger charge is -2.29. The van der Waals surface area contributed by atoms with Crippen LogP contribution in [0, 0.1) is 23.7 Å². The monoisotopic (exact) mass is 1740 g/mol. The van der Waals surface area contributed by atoms with Crippen LogP contribution in [-0.2, 0) is 105 Å². The van der Waals surface area contributed by atoms with E-state index in [1.54, 1.807) is 27.7 Å². The minimum absolute atomic E-state index is 0.111.